The Morgan fingerprint density at radius 2 is 0.762 bits per heavy atom. The van der Waals surface area contributed by atoms with Gasteiger partial charge in [-0.15, -0.1) is 0 Å². The maximum Gasteiger partial charge on any atom is 0.0781 e. The predicted octanol–water partition coefficient (Wildman–Crippen LogP) is 4.83. The van der Waals surface area contributed by atoms with Gasteiger partial charge in [0.1, 0.15) is 0 Å². The Morgan fingerprint density at radius 3 is 1.21 bits per heavy atom. The van der Waals surface area contributed by atoms with Gasteiger partial charge in [-0.05, 0) is 20.3 Å². The zero-order chi connectivity index (χ0) is 30.6. The van der Waals surface area contributed by atoms with Crippen LogP contribution >= 0.6 is 0 Å². The van der Waals surface area contributed by atoms with Crippen LogP contribution in [0.2, 0.25) is 0 Å². The van der Waals surface area contributed by atoms with Crippen molar-refractivity contribution in [3.63, 3.8) is 0 Å². The van der Waals surface area contributed by atoms with Crippen LogP contribution in [-0.4, -0.2) is 130 Å². The van der Waals surface area contributed by atoms with Crippen molar-refractivity contribution in [1.29, 1.82) is 0 Å². The van der Waals surface area contributed by atoms with Gasteiger partial charge in [0.05, 0.1) is 118 Å². The summed E-state index contributed by atoms with van der Waals surface area (Å²) >= 11 is 0. The molecule has 0 aliphatic rings. The van der Waals surface area contributed by atoms with Gasteiger partial charge < -0.3 is 47.7 Å². The zero-order valence-electron chi connectivity index (χ0n) is 27.4. The lowest BCUT2D eigenvalue weighted by Gasteiger charge is -2.18. The number of rotatable bonds is 37. The van der Waals surface area contributed by atoms with E-state index in [1.165, 1.54) is 57.8 Å². The second-order valence-corrected chi connectivity index (χ2v) is 10.5. The van der Waals surface area contributed by atoms with Crippen LogP contribution in [0.1, 0.15) is 85.0 Å². The molecule has 0 aliphatic carbocycles. The lowest BCUT2D eigenvalue weighted by atomic mass is 10.1. The summed E-state index contributed by atoms with van der Waals surface area (Å²) < 4.78 is 49.7. The smallest absolute Gasteiger partial charge is 0.0781 e. The molecule has 10 heteroatoms. The Balaban J connectivity index is 3.24. The zero-order valence-corrected chi connectivity index (χ0v) is 27.4. The third kappa shape index (κ3) is 35.8. The second kappa shape index (κ2) is 36.8. The highest BCUT2D eigenvalue weighted by molar-refractivity contribution is 4.53. The first-order chi connectivity index (χ1) is 20.7. The summed E-state index contributed by atoms with van der Waals surface area (Å²) in [7, 11) is 0. The van der Waals surface area contributed by atoms with E-state index in [4.69, 9.17) is 47.7 Å². The Bertz CT molecular complexity index is 486. The molecule has 0 radical (unpaired) electrons. The molecule has 0 aromatic heterocycles. The van der Waals surface area contributed by atoms with Crippen molar-refractivity contribution in [3.8, 4) is 0 Å². The first-order valence-electron chi connectivity index (χ1n) is 16.6. The highest BCUT2D eigenvalue weighted by Gasteiger charge is 2.07. The molecule has 0 aromatic carbocycles. The van der Waals surface area contributed by atoms with Crippen LogP contribution in [0.15, 0.2) is 0 Å². The Morgan fingerprint density at radius 1 is 0.381 bits per heavy atom. The number of hydrogen-bond acceptors (Lipinski definition) is 10. The van der Waals surface area contributed by atoms with E-state index >= 15 is 0 Å². The van der Waals surface area contributed by atoms with E-state index in [9.17, 15) is 0 Å². The molecule has 1 N–H and O–H groups in total. The Kier molecular flexibility index (Phi) is 36.4. The summed E-state index contributed by atoms with van der Waals surface area (Å²) in [5, 5.41) is 8.58. The Labute approximate surface area is 257 Å². The molecule has 0 heterocycles. The van der Waals surface area contributed by atoms with Crippen molar-refractivity contribution in [2.45, 2.75) is 97.2 Å². The standard InChI is InChI=1S/C32H66O10/c1-4-5-6-7-8-9-10-11-12-13-15-40-29-31(2)42-30-32(3)41-28-27-39-26-25-38-24-23-37-22-21-36-20-19-35-18-17-34-16-14-33/h31-33H,4-30H2,1-3H3. The van der Waals surface area contributed by atoms with Gasteiger partial charge in [-0.25, -0.2) is 0 Å². The molecule has 0 rings (SSSR count). The van der Waals surface area contributed by atoms with Gasteiger partial charge in [-0.3, -0.25) is 0 Å². The van der Waals surface area contributed by atoms with E-state index in [0.717, 1.165) is 13.0 Å². The van der Waals surface area contributed by atoms with E-state index in [2.05, 4.69) is 6.92 Å². The molecule has 0 aromatic rings. The fraction of sp³-hybridized carbons (Fsp3) is 1.00. The quantitative estimate of drug-likeness (QED) is 0.0985. The van der Waals surface area contributed by atoms with Crippen LogP contribution in [0.5, 0.6) is 0 Å². The van der Waals surface area contributed by atoms with Gasteiger partial charge in [0.15, 0.2) is 0 Å². The third-order valence-corrected chi connectivity index (χ3v) is 6.34. The lowest BCUT2D eigenvalue weighted by molar-refractivity contribution is -0.0689. The molecule has 0 saturated heterocycles. The maximum absolute atomic E-state index is 8.58. The van der Waals surface area contributed by atoms with Crippen LogP contribution in [0, 0.1) is 0 Å². The van der Waals surface area contributed by atoms with Gasteiger partial charge >= 0.3 is 0 Å². The molecule has 10 nitrogen and oxygen atoms in total. The van der Waals surface area contributed by atoms with Gasteiger partial charge in [-0.2, -0.15) is 0 Å². The fourth-order valence-electron chi connectivity index (χ4n) is 3.91. The first-order valence-corrected chi connectivity index (χ1v) is 16.6. The lowest BCUT2D eigenvalue weighted by Crippen LogP contribution is -2.24. The largest absolute Gasteiger partial charge is 0.394 e. The summed E-state index contributed by atoms with van der Waals surface area (Å²) in [6.07, 6.45) is 13.5. The van der Waals surface area contributed by atoms with Gasteiger partial charge in [0.2, 0.25) is 0 Å². The second-order valence-electron chi connectivity index (χ2n) is 10.5. The topological polar surface area (TPSA) is 103 Å². The molecule has 0 saturated carbocycles. The molecule has 0 aliphatic heterocycles. The molecule has 0 amide bonds. The van der Waals surface area contributed by atoms with E-state index in [1.54, 1.807) is 0 Å². The molecular formula is C32H66O10. The van der Waals surface area contributed by atoms with Crippen molar-refractivity contribution < 1.29 is 47.7 Å². The van der Waals surface area contributed by atoms with E-state index < -0.39 is 0 Å². The number of ether oxygens (including phenoxy) is 9. The summed E-state index contributed by atoms with van der Waals surface area (Å²) in [4.78, 5) is 0. The normalized spacial score (nSPS) is 13.1. The molecular weight excluding hydrogens is 544 g/mol. The maximum atomic E-state index is 8.58. The number of unbranched alkanes of at least 4 members (excludes halogenated alkanes) is 9. The van der Waals surface area contributed by atoms with Crippen LogP contribution in [0.4, 0.5) is 0 Å². The van der Waals surface area contributed by atoms with Crippen molar-refractivity contribution >= 4 is 0 Å². The number of aliphatic hydroxyl groups is 1. The first kappa shape index (κ1) is 41.6. The van der Waals surface area contributed by atoms with Crippen molar-refractivity contribution in [2.24, 2.45) is 0 Å². The van der Waals surface area contributed by atoms with Crippen molar-refractivity contribution in [1.82, 2.24) is 0 Å². The average Bonchev–Trinajstić information content (AvgIpc) is 2.99. The molecule has 2 atom stereocenters. The van der Waals surface area contributed by atoms with E-state index in [0.29, 0.717) is 99.1 Å². The predicted molar refractivity (Wildman–Crippen MR) is 165 cm³/mol. The third-order valence-electron chi connectivity index (χ3n) is 6.34. The highest BCUT2D eigenvalue weighted by atomic mass is 16.6. The molecule has 254 valence electrons. The fourth-order valence-corrected chi connectivity index (χ4v) is 3.91. The highest BCUT2D eigenvalue weighted by Crippen LogP contribution is 2.10. The minimum atomic E-state index is 0.0138. The summed E-state index contributed by atoms with van der Waals surface area (Å²) in [6, 6.07) is 0. The minimum absolute atomic E-state index is 0.0138. The molecule has 0 fully saturated rings. The SMILES string of the molecule is CCCCCCCCCCCCOCC(C)OCC(C)OCCOCCOCCOCCOCCOCCOCCO. The molecule has 0 spiro atoms. The summed E-state index contributed by atoms with van der Waals surface area (Å²) in [5.41, 5.74) is 0. The van der Waals surface area contributed by atoms with Gasteiger partial charge in [0, 0.05) is 6.61 Å². The van der Waals surface area contributed by atoms with Crippen LogP contribution < -0.4 is 0 Å². The van der Waals surface area contributed by atoms with Crippen molar-refractivity contribution in [3.05, 3.63) is 0 Å². The summed E-state index contributed by atoms with van der Waals surface area (Å²) in [6.45, 7) is 14.9. The molecule has 0 bridgehead atoms. The average molecular weight is 611 g/mol. The van der Waals surface area contributed by atoms with Gasteiger partial charge in [-0.1, -0.05) is 64.7 Å². The van der Waals surface area contributed by atoms with Crippen LogP contribution in [0.25, 0.3) is 0 Å². The Hall–Kier alpha value is -0.400. The molecule has 2 unspecified atom stereocenters. The van der Waals surface area contributed by atoms with Crippen LogP contribution in [0.3, 0.4) is 0 Å². The number of hydrogen-bond donors (Lipinski definition) is 1. The minimum Gasteiger partial charge on any atom is -0.394 e. The van der Waals surface area contributed by atoms with Crippen molar-refractivity contribution in [2.75, 3.05) is 112 Å². The van der Waals surface area contributed by atoms with E-state index in [1.807, 2.05) is 13.8 Å². The summed E-state index contributed by atoms with van der Waals surface area (Å²) in [5.74, 6) is 0. The van der Waals surface area contributed by atoms with Crippen LogP contribution in [-0.2, 0) is 42.6 Å². The van der Waals surface area contributed by atoms with Gasteiger partial charge in [0.25, 0.3) is 0 Å². The van der Waals surface area contributed by atoms with E-state index in [-0.39, 0.29) is 18.8 Å². The monoisotopic (exact) mass is 610 g/mol. The number of aliphatic hydroxyl groups excluding tert-OH is 1. The molecule has 42 heavy (non-hydrogen) atoms.